The summed E-state index contributed by atoms with van der Waals surface area (Å²) in [6.07, 6.45) is 1.26. The molecule has 4 heteroatoms. The van der Waals surface area contributed by atoms with Crippen LogP contribution in [-0.2, 0) is 18.3 Å². The van der Waals surface area contributed by atoms with Crippen LogP contribution < -0.4 is 11.5 Å². The summed E-state index contributed by atoms with van der Waals surface area (Å²) in [5.41, 5.74) is 22.5. The van der Waals surface area contributed by atoms with Gasteiger partial charge < -0.3 is 21.7 Å². The fourth-order valence-electron chi connectivity index (χ4n) is 6.03. The first-order chi connectivity index (χ1) is 20.9. The molecule has 0 saturated carbocycles. The van der Waals surface area contributed by atoms with Gasteiger partial charge in [0.1, 0.15) is 11.5 Å². The minimum absolute atomic E-state index is 0.240. The second-order valence-electron chi connectivity index (χ2n) is 11.0. The lowest BCUT2D eigenvalue weighted by Gasteiger charge is -2.37. The van der Waals surface area contributed by atoms with Gasteiger partial charge in [-0.15, -0.1) is 0 Å². The van der Waals surface area contributed by atoms with E-state index in [1.54, 1.807) is 24.3 Å². The van der Waals surface area contributed by atoms with E-state index < -0.39 is 5.41 Å². The molecule has 43 heavy (non-hydrogen) atoms. The summed E-state index contributed by atoms with van der Waals surface area (Å²) in [4.78, 5) is 0. The first kappa shape index (κ1) is 27.7. The monoisotopic (exact) mass is 562 g/mol. The Morgan fingerprint density at radius 2 is 0.791 bits per heavy atom. The maximum atomic E-state index is 9.81. The normalized spacial score (nSPS) is 11.3. The van der Waals surface area contributed by atoms with Crippen molar-refractivity contribution in [3.8, 4) is 11.5 Å². The maximum absolute atomic E-state index is 9.81. The van der Waals surface area contributed by atoms with Gasteiger partial charge in [-0.05, 0) is 93.7 Å². The van der Waals surface area contributed by atoms with Crippen LogP contribution in [0.5, 0.6) is 11.5 Å². The SMILES string of the molecule is Nc1ccc(C(c2ccccc2)(c2ccccc2)c2ccc(N)c(Cc3ccc(O)cc3)c2)cc1Cc1ccc(O)cc1. The molecule has 0 bridgehead atoms. The van der Waals surface area contributed by atoms with Crippen molar-refractivity contribution in [2.24, 2.45) is 0 Å². The minimum Gasteiger partial charge on any atom is -0.508 e. The zero-order valence-corrected chi connectivity index (χ0v) is 23.8. The van der Waals surface area contributed by atoms with E-state index in [4.69, 9.17) is 11.5 Å². The van der Waals surface area contributed by atoms with Gasteiger partial charge >= 0.3 is 0 Å². The fraction of sp³-hybridized carbons (Fsp3) is 0.0769. The molecule has 6 N–H and O–H groups in total. The van der Waals surface area contributed by atoms with E-state index in [1.807, 2.05) is 48.5 Å². The van der Waals surface area contributed by atoms with Crippen LogP contribution in [0.1, 0.15) is 44.5 Å². The molecule has 0 amide bonds. The highest BCUT2D eigenvalue weighted by molar-refractivity contribution is 5.65. The van der Waals surface area contributed by atoms with E-state index in [1.165, 1.54) is 0 Å². The summed E-state index contributed by atoms with van der Waals surface area (Å²) in [6.45, 7) is 0. The Morgan fingerprint density at radius 1 is 0.419 bits per heavy atom. The average Bonchev–Trinajstić information content (AvgIpc) is 3.04. The minimum atomic E-state index is -0.669. The van der Waals surface area contributed by atoms with Gasteiger partial charge in [-0.3, -0.25) is 0 Å². The van der Waals surface area contributed by atoms with Gasteiger partial charge in [-0.25, -0.2) is 0 Å². The van der Waals surface area contributed by atoms with Crippen molar-refractivity contribution < 1.29 is 10.2 Å². The summed E-state index contributed by atoms with van der Waals surface area (Å²) < 4.78 is 0. The second-order valence-corrected chi connectivity index (χ2v) is 11.0. The van der Waals surface area contributed by atoms with Crippen molar-refractivity contribution in [2.45, 2.75) is 18.3 Å². The number of hydrogen-bond donors (Lipinski definition) is 4. The zero-order chi connectivity index (χ0) is 29.8. The first-order valence-electron chi connectivity index (χ1n) is 14.4. The van der Waals surface area contributed by atoms with Crippen LogP contribution in [0.2, 0.25) is 0 Å². The molecule has 0 aliphatic carbocycles. The molecular formula is C39H34N2O2. The molecule has 0 aliphatic heterocycles. The number of anilines is 2. The highest BCUT2D eigenvalue weighted by Crippen LogP contribution is 2.46. The molecule has 4 nitrogen and oxygen atoms in total. The lowest BCUT2D eigenvalue weighted by molar-refractivity contribution is 0.474. The van der Waals surface area contributed by atoms with E-state index in [0.29, 0.717) is 12.8 Å². The van der Waals surface area contributed by atoms with Crippen molar-refractivity contribution in [1.29, 1.82) is 0 Å². The summed E-state index contributed by atoms with van der Waals surface area (Å²) in [5, 5.41) is 19.6. The fourth-order valence-corrected chi connectivity index (χ4v) is 6.03. The van der Waals surface area contributed by atoms with Gasteiger partial charge in [-0.1, -0.05) is 109 Å². The Labute approximate surface area is 252 Å². The summed E-state index contributed by atoms with van der Waals surface area (Å²) >= 11 is 0. The number of nitrogens with two attached hydrogens (primary N) is 2. The molecule has 212 valence electrons. The predicted octanol–water partition coefficient (Wildman–Crippen LogP) is 7.83. The molecule has 0 atom stereocenters. The Morgan fingerprint density at radius 3 is 1.16 bits per heavy atom. The third-order valence-corrected chi connectivity index (χ3v) is 8.23. The van der Waals surface area contributed by atoms with Crippen molar-refractivity contribution >= 4 is 11.4 Å². The molecule has 0 aliphatic rings. The predicted molar refractivity (Wildman–Crippen MR) is 175 cm³/mol. The smallest absolute Gasteiger partial charge is 0.115 e. The van der Waals surface area contributed by atoms with Crippen molar-refractivity contribution in [3.05, 3.63) is 190 Å². The van der Waals surface area contributed by atoms with Crippen LogP contribution >= 0.6 is 0 Å². The van der Waals surface area contributed by atoms with Crippen LogP contribution in [0.25, 0.3) is 0 Å². The number of aromatic hydroxyl groups is 2. The lowest BCUT2D eigenvalue weighted by Crippen LogP contribution is -2.31. The molecular weight excluding hydrogens is 528 g/mol. The van der Waals surface area contributed by atoms with Crippen LogP contribution in [0.3, 0.4) is 0 Å². The largest absolute Gasteiger partial charge is 0.508 e. The van der Waals surface area contributed by atoms with Crippen molar-refractivity contribution in [2.75, 3.05) is 11.5 Å². The molecule has 0 fully saturated rings. The molecule has 0 unspecified atom stereocenters. The van der Waals surface area contributed by atoms with Crippen LogP contribution in [0.4, 0.5) is 11.4 Å². The Bertz CT molecular complexity index is 1690. The van der Waals surface area contributed by atoms with E-state index in [9.17, 15) is 10.2 Å². The third-order valence-electron chi connectivity index (χ3n) is 8.23. The van der Waals surface area contributed by atoms with E-state index in [2.05, 4.69) is 72.8 Å². The average molecular weight is 563 g/mol. The zero-order valence-electron chi connectivity index (χ0n) is 23.8. The molecule has 0 aromatic heterocycles. The number of nitrogen functional groups attached to an aromatic ring is 2. The highest BCUT2D eigenvalue weighted by atomic mass is 16.3. The van der Waals surface area contributed by atoms with Crippen LogP contribution in [-0.4, -0.2) is 10.2 Å². The summed E-state index contributed by atoms with van der Waals surface area (Å²) in [6, 6.07) is 48.4. The van der Waals surface area contributed by atoms with Crippen LogP contribution in [0.15, 0.2) is 146 Å². The molecule has 0 heterocycles. The van der Waals surface area contributed by atoms with Crippen LogP contribution in [0, 0.1) is 0 Å². The quantitative estimate of drug-likeness (QED) is 0.112. The molecule has 6 aromatic carbocycles. The standard InChI is InChI=1S/C39H34N2O2/c40-37-21-15-33(25-29(37)23-27-11-17-35(42)18-12-27)39(31-7-3-1-4-8-31,32-9-5-2-6-10-32)34-16-22-38(41)30(26-34)24-28-13-19-36(43)20-14-28/h1-22,25-26,42-43H,23-24,40-41H2. The number of hydrogen-bond acceptors (Lipinski definition) is 4. The Kier molecular flexibility index (Phi) is 7.59. The van der Waals surface area contributed by atoms with Gasteiger partial charge in [0.2, 0.25) is 0 Å². The maximum Gasteiger partial charge on any atom is 0.115 e. The Hall–Kier alpha value is -5.48. The summed E-state index contributed by atoms with van der Waals surface area (Å²) in [7, 11) is 0. The molecule has 0 saturated heterocycles. The molecule has 6 aromatic rings. The van der Waals surface area contributed by atoms with E-state index in [-0.39, 0.29) is 11.5 Å². The lowest BCUT2D eigenvalue weighted by atomic mass is 9.64. The van der Waals surface area contributed by atoms with E-state index in [0.717, 1.165) is 55.9 Å². The third kappa shape index (κ3) is 5.55. The molecule has 0 spiro atoms. The van der Waals surface area contributed by atoms with Crippen molar-refractivity contribution in [1.82, 2.24) is 0 Å². The molecule has 0 radical (unpaired) electrons. The highest BCUT2D eigenvalue weighted by Gasteiger charge is 2.39. The number of phenolic OH excluding ortho intramolecular Hbond substituents is 2. The number of phenols is 2. The van der Waals surface area contributed by atoms with Gasteiger partial charge in [0.05, 0.1) is 5.41 Å². The second kappa shape index (κ2) is 11.8. The Balaban J connectivity index is 1.58. The molecule has 6 rings (SSSR count). The van der Waals surface area contributed by atoms with Gasteiger partial charge in [-0.2, -0.15) is 0 Å². The summed E-state index contributed by atoms with van der Waals surface area (Å²) in [5.74, 6) is 0.480. The first-order valence-corrected chi connectivity index (χ1v) is 14.4. The van der Waals surface area contributed by atoms with Crippen molar-refractivity contribution in [3.63, 3.8) is 0 Å². The van der Waals surface area contributed by atoms with Gasteiger partial charge in [0.15, 0.2) is 0 Å². The topological polar surface area (TPSA) is 92.5 Å². The van der Waals surface area contributed by atoms with E-state index >= 15 is 0 Å². The van der Waals surface area contributed by atoms with Gasteiger partial charge in [0, 0.05) is 11.4 Å². The van der Waals surface area contributed by atoms with Gasteiger partial charge in [0.25, 0.3) is 0 Å². The number of benzene rings is 6. The number of rotatable bonds is 8.